The highest BCUT2D eigenvalue weighted by molar-refractivity contribution is 6.07. The molecule has 1 aromatic carbocycles. The Morgan fingerprint density at radius 1 is 1.21 bits per heavy atom. The number of carbonyl (C=O) groups excluding carboxylic acids is 2. The average Bonchev–Trinajstić information content (AvgIpc) is 3.16. The Balaban J connectivity index is 1.42. The molecule has 0 bridgehead atoms. The summed E-state index contributed by atoms with van der Waals surface area (Å²) in [6.45, 7) is 1.71. The zero-order chi connectivity index (χ0) is 16.6. The molecular weight excluding hydrogens is 308 g/mol. The van der Waals surface area contributed by atoms with Crippen LogP contribution in [-0.4, -0.2) is 53.8 Å². The lowest BCUT2D eigenvalue weighted by Crippen LogP contribution is -2.54. The molecule has 0 unspecified atom stereocenters. The van der Waals surface area contributed by atoms with Crippen molar-refractivity contribution in [3.05, 3.63) is 35.9 Å². The van der Waals surface area contributed by atoms with Gasteiger partial charge in [0.2, 0.25) is 0 Å². The molecule has 2 fully saturated rings. The lowest BCUT2D eigenvalue weighted by atomic mass is 9.88. The summed E-state index contributed by atoms with van der Waals surface area (Å²) in [4.78, 5) is 31.8. The van der Waals surface area contributed by atoms with Gasteiger partial charge in [-0.1, -0.05) is 35.5 Å². The molecule has 1 atom stereocenters. The van der Waals surface area contributed by atoms with Gasteiger partial charge in [-0.05, 0) is 31.5 Å². The highest BCUT2D eigenvalue weighted by atomic mass is 16.6. The van der Waals surface area contributed by atoms with Gasteiger partial charge in [-0.2, -0.15) is 0 Å². The summed E-state index contributed by atoms with van der Waals surface area (Å²) >= 11 is 0. The molecular formula is C17H20N4O3. The molecule has 1 spiro atoms. The number of imide groups is 1. The van der Waals surface area contributed by atoms with Crippen LogP contribution >= 0.6 is 0 Å². The van der Waals surface area contributed by atoms with Gasteiger partial charge in [0.25, 0.3) is 5.91 Å². The Kier molecular flexibility index (Phi) is 3.72. The van der Waals surface area contributed by atoms with Crippen LogP contribution in [0.4, 0.5) is 4.79 Å². The summed E-state index contributed by atoms with van der Waals surface area (Å²) in [5, 5.41) is 10.2. The summed E-state index contributed by atoms with van der Waals surface area (Å²) < 4.78 is 0. The van der Waals surface area contributed by atoms with Crippen molar-refractivity contribution in [3.63, 3.8) is 0 Å². The summed E-state index contributed by atoms with van der Waals surface area (Å²) in [5.74, 6) is -0.134. The van der Waals surface area contributed by atoms with E-state index in [1.54, 1.807) is 0 Å². The van der Waals surface area contributed by atoms with Gasteiger partial charge < -0.3 is 15.5 Å². The SMILES string of the molecule is O=C1NC2(CCNCC2)C(=O)N1C[C@H]1CC(c2ccccc2)=NO1. The molecule has 0 aromatic heterocycles. The minimum absolute atomic E-state index is 0.134. The summed E-state index contributed by atoms with van der Waals surface area (Å²) in [5.41, 5.74) is 1.13. The lowest BCUT2D eigenvalue weighted by Gasteiger charge is -2.31. The van der Waals surface area contributed by atoms with Crippen molar-refractivity contribution in [2.45, 2.75) is 30.9 Å². The first-order valence-electron chi connectivity index (χ1n) is 8.31. The van der Waals surface area contributed by atoms with Crippen LogP contribution in [0.5, 0.6) is 0 Å². The predicted molar refractivity (Wildman–Crippen MR) is 87.5 cm³/mol. The molecule has 7 nitrogen and oxygen atoms in total. The minimum atomic E-state index is -0.732. The number of nitrogens with zero attached hydrogens (tertiary/aromatic N) is 2. The maximum Gasteiger partial charge on any atom is 0.325 e. The van der Waals surface area contributed by atoms with E-state index in [0.29, 0.717) is 19.3 Å². The molecule has 126 valence electrons. The third-order valence-electron chi connectivity index (χ3n) is 4.93. The van der Waals surface area contributed by atoms with E-state index in [2.05, 4.69) is 15.8 Å². The molecule has 2 N–H and O–H groups in total. The van der Waals surface area contributed by atoms with Crippen LogP contribution in [0.2, 0.25) is 0 Å². The minimum Gasteiger partial charge on any atom is -0.390 e. The Morgan fingerprint density at radius 3 is 2.71 bits per heavy atom. The molecule has 1 aromatic rings. The van der Waals surface area contributed by atoms with Crippen LogP contribution in [0.25, 0.3) is 0 Å². The Hall–Kier alpha value is -2.41. The summed E-state index contributed by atoms with van der Waals surface area (Å²) in [6, 6.07) is 9.47. The maximum absolute atomic E-state index is 12.8. The number of carbonyl (C=O) groups is 2. The van der Waals surface area contributed by atoms with E-state index < -0.39 is 5.54 Å². The van der Waals surface area contributed by atoms with Crippen molar-refractivity contribution >= 4 is 17.6 Å². The topological polar surface area (TPSA) is 83.0 Å². The van der Waals surface area contributed by atoms with E-state index in [-0.39, 0.29) is 24.6 Å². The number of piperidine rings is 1. The fraction of sp³-hybridized carbons (Fsp3) is 0.471. The van der Waals surface area contributed by atoms with Crippen LogP contribution in [0.3, 0.4) is 0 Å². The van der Waals surface area contributed by atoms with Gasteiger partial charge in [-0.15, -0.1) is 0 Å². The zero-order valence-electron chi connectivity index (χ0n) is 13.3. The van der Waals surface area contributed by atoms with Gasteiger partial charge in [0.05, 0.1) is 12.3 Å². The quantitative estimate of drug-likeness (QED) is 0.806. The van der Waals surface area contributed by atoms with E-state index in [9.17, 15) is 9.59 Å². The second-order valence-corrected chi connectivity index (χ2v) is 6.51. The van der Waals surface area contributed by atoms with Crippen molar-refractivity contribution in [2.24, 2.45) is 5.16 Å². The highest BCUT2D eigenvalue weighted by Crippen LogP contribution is 2.28. The smallest absolute Gasteiger partial charge is 0.325 e. The average molecular weight is 328 g/mol. The van der Waals surface area contributed by atoms with Crippen molar-refractivity contribution in [3.8, 4) is 0 Å². The van der Waals surface area contributed by atoms with E-state index in [4.69, 9.17) is 4.84 Å². The zero-order valence-corrected chi connectivity index (χ0v) is 13.3. The van der Waals surface area contributed by atoms with E-state index >= 15 is 0 Å². The molecule has 2 saturated heterocycles. The molecule has 3 aliphatic heterocycles. The number of urea groups is 1. The summed E-state index contributed by atoms with van der Waals surface area (Å²) in [7, 11) is 0. The van der Waals surface area contributed by atoms with Crippen molar-refractivity contribution in [1.29, 1.82) is 0 Å². The Labute approximate surface area is 140 Å². The Morgan fingerprint density at radius 2 is 1.96 bits per heavy atom. The van der Waals surface area contributed by atoms with Crippen LogP contribution in [-0.2, 0) is 9.63 Å². The third kappa shape index (κ3) is 2.54. The van der Waals surface area contributed by atoms with Crippen LogP contribution in [0.15, 0.2) is 35.5 Å². The first-order valence-corrected chi connectivity index (χ1v) is 8.31. The number of hydrogen-bond donors (Lipinski definition) is 2. The van der Waals surface area contributed by atoms with Gasteiger partial charge >= 0.3 is 6.03 Å². The van der Waals surface area contributed by atoms with E-state index in [1.807, 2.05) is 30.3 Å². The molecule has 3 amide bonds. The number of nitrogens with one attached hydrogen (secondary N) is 2. The summed E-state index contributed by atoms with van der Waals surface area (Å²) in [6.07, 6.45) is 1.57. The molecule has 7 heteroatoms. The van der Waals surface area contributed by atoms with Crippen molar-refractivity contribution in [2.75, 3.05) is 19.6 Å². The first-order chi connectivity index (χ1) is 11.7. The number of oxime groups is 1. The largest absolute Gasteiger partial charge is 0.390 e. The first kappa shape index (κ1) is 15.1. The lowest BCUT2D eigenvalue weighted by molar-refractivity contribution is -0.133. The normalized spacial score (nSPS) is 25.6. The van der Waals surface area contributed by atoms with Crippen LogP contribution in [0.1, 0.15) is 24.8 Å². The predicted octanol–water partition coefficient (Wildman–Crippen LogP) is 0.854. The van der Waals surface area contributed by atoms with Gasteiger partial charge in [0.1, 0.15) is 5.54 Å². The fourth-order valence-electron chi connectivity index (χ4n) is 3.57. The molecule has 3 aliphatic rings. The molecule has 4 rings (SSSR count). The molecule has 24 heavy (non-hydrogen) atoms. The number of amides is 3. The second kappa shape index (κ2) is 5.90. The van der Waals surface area contributed by atoms with Crippen LogP contribution in [0, 0.1) is 0 Å². The third-order valence-corrected chi connectivity index (χ3v) is 4.93. The van der Waals surface area contributed by atoms with Crippen LogP contribution < -0.4 is 10.6 Å². The highest BCUT2D eigenvalue weighted by Gasteiger charge is 2.52. The Bertz CT molecular complexity index is 682. The van der Waals surface area contributed by atoms with Crippen molar-refractivity contribution < 1.29 is 14.4 Å². The number of rotatable bonds is 3. The van der Waals surface area contributed by atoms with Gasteiger partial charge in [0.15, 0.2) is 6.10 Å². The van der Waals surface area contributed by atoms with Crippen molar-refractivity contribution in [1.82, 2.24) is 15.5 Å². The molecule has 3 heterocycles. The van der Waals surface area contributed by atoms with Gasteiger partial charge in [-0.25, -0.2) is 4.79 Å². The number of benzene rings is 1. The standard InChI is InChI=1S/C17H20N4O3/c22-15-17(6-8-18-9-7-17)19-16(23)21(15)11-13-10-14(20-24-13)12-4-2-1-3-5-12/h1-5,13,18H,6-11H2,(H,19,23)/t13-/m1/s1. The van der Waals surface area contributed by atoms with Gasteiger partial charge in [0, 0.05) is 6.42 Å². The van der Waals surface area contributed by atoms with E-state index in [1.165, 1.54) is 4.90 Å². The molecule has 0 aliphatic carbocycles. The maximum atomic E-state index is 12.8. The number of hydrogen-bond acceptors (Lipinski definition) is 5. The second-order valence-electron chi connectivity index (χ2n) is 6.51. The molecule has 0 radical (unpaired) electrons. The van der Waals surface area contributed by atoms with Gasteiger partial charge in [-0.3, -0.25) is 9.69 Å². The fourth-order valence-corrected chi connectivity index (χ4v) is 3.57. The monoisotopic (exact) mass is 328 g/mol. The van der Waals surface area contributed by atoms with E-state index in [0.717, 1.165) is 24.4 Å². The molecule has 0 saturated carbocycles.